The minimum Gasteiger partial charge on any atom is -0.506 e. The number of pyridine rings is 1. The summed E-state index contributed by atoms with van der Waals surface area (Å²) in [5, 5.41) is 16.0. The highest BCUT2D eigenvalue weighted by atomic mass is 16.6. The number of esters is 1. The van der Waals surface area contributed by atoms with Crippen molar-refractivity contribution in [2.45, 2.75) is 111 Å². The molecule has 1 aromatic carbocycles. The molecule has 0 spiro atoms. The molecule has 3 aromatic rings. The second-order valence-electron chi connectivity index (χ2n) is 16.4. The Bertz CT molecular complexity index is 1870. The Morgan fingerprint density at radius 3 is 2.70 bits per heavy atom. The number of fused-ring (bicyclic) bond motifs is 6. The van der Waals surface area contributed by atoms with Crippen LogP contribution in [0.2, 0.25) is 0 Å². The van der Waals surface area contributed by atoms with Crippen molar-refractivity contribution in [2.24, 2.45) is 5.41 Å². The Labute approximate surface area is 317 Å². The van der Waals surface area contributed by atoms with Crippen molar-refractivity contribution in [1.82, 2.24) is 25.3 Å². The monoisotopic (exact) mass is 748 g/mol. The number of hydrogen-bond acceptors (Lipinski definition) is 11. The molecule has 2 saturated heterocycles. The summed E-state index contributed by atoms with van der Waals surface area (Å²) in [7, 11) is 1.64. The molecule has 6 rings (SSSR count). The zero-order valence-electron chi connectivity index (χ0n) is 32.9. The van der Waals surface area contributed by atoms with Gasteiger partial charge in [0.2, 0.25) is 0 Å². The third-order valence-electron chi connectivity index (χ3n) is 10.4. The number of anilines is 1. The summed E-state index contributed by atoms with van der Waals surface area (Å²) in [6, 6.07) is 6.48. The predicted molar refractivity (Wildman–Crippen MR) is 204 cm³/mol. The highest BCUT2D eigenvalue weighted by Gasteiger charge is 2.38. The van der Waals surface area contributed by atoms with E-state index in [2.05, 4.69) is 64.2 Å². The molecule has 4 atom stereocenters. The number of alkyl carbamates (subject to hydrolysis) is 1. The van der Waals surface area contributed by atoms with E-state index in [1.54, 1.807) is 33.9 Å². The van der Waals surface area contributed by atoms with Crippen LogP contribution in [0.25, 0.3) is 22.2 Å². The Hall–Kier alpha value is -4.40. The van der Waals surface area contributed by atoms with Crippen molar-refractivity contribution < 1.29 is 38.4 Å². The van der Waals surface area contributed by atoms with E-state index in [-0.39, 0.29) is 30.8 Å². The molecule has 1 unspecified atom stereocenters. The molecule has 294 valence electrons. The van der Waals surface area contributed by atoms with E-state index in [0.717, 1.165) is 33.4 Å². The molecule has 3 aliphatic rings. The van der Waals surface area contributed by atoms with Gasteiger partial charge in [0.15, 0.2) is 0 Å². The van der Waals surface area contributed by atoms with Crippen LogP contribution in [-0.4, -0.2) is 101 Å². The highest BCUT2D eigenvalue weighted by Crippen LogP contribution is 2.42. The summed E-state index contributed by atoms with van der Waals surface area (Å²) in [6.07, 6.45) is 1.83. The Morgan fingerprint density at radius 2 is 1.98 bits per heavy atom. The summed E-state index contributed by atoms with van der Waals surface area (Å²) in [5.74, 6) is -0.766. The maximum absolute atomic E-state index is 14.1. The topological polar surface area (TPSA) is 157 Å². The van der Waals surface area contributed by atoms with Gasteiger partial charge in [-0.2, -0.15) is 0 Å². The van der Waals surface area contributed by atoms with Crippen molar-refractivity contribution >= 4 is 34.6 Å². The third-order valence-corrected chi connectivity index (χ3v) is 10.4. The first-order chi connectivity index (χ1) is 25.6. The lowest BCUT2D eigenvalue weighted by molar-refractivity contribution is -0.155. The molecule has 6 bridgehead atoms. The molecule has 14 nitrogen and oxygen atoms in total. The lowest BCUT2D eigenvalue weighted by Gasteiger charge is -2.38. The SMILES string of the molecule is CCn1c(-c2cc(O)cnc2[C@H](C)OC)c2c3cc(ccc31)N1CCO[C@@H](C[C@H](NC(=O)OC(C)(C)C)C(=O)N3CCCC(N3)C(=O)OCC(C)(C)C2)C1. The molecule has 3 aliphatic heterocycles. The number of carbonyl (C=O) groups is 3. The number of hydrogen-bond donors (Lipinski definition) is 3. The van der Waals surface area contributed by atoms with Gasteiger partial charge in [0, 0.05) is 67.3 Å². The fourth-order valence-electron chi connectivity index (χ4n) is 7.74. The van der Waals surface area contributed by atoms with E-state index in [0.29, 0.717) is 57.7 Å². The van der Waals surface area contributed by atoms with Gasteiger partial charge < -0.3 is 38.8 Å². The molecule has 3 N–H and O–H groups in total. The van der Waals surface area contributed by atoms with Gasteiger partial charge in [-0.15, -0.1) is 0 Å². The number of nitrogens with one attached hydrogen (secondary N) is 2. The van der Waals surface area contributed by atoms with E-state index in [9.17, 15) is 19.5 Å². The largest absolute Gasteiger partial charge is 0.506 e. The van der Waals surface area contributed by atoms with E-state index in [1.807, 2.05) is 6.92 Å². The van der Waals surface area contributed by atoms with Gasteiger partial charge >= 0.3 is 12.1 Å². The summed E-state index contributed by atoms with van der Waals surface area (Å²) < 4.78 is 25.8. The molecule has 2 amide bonds. The Morgan fingerprint density at radius 1 is 1.20 bits per heavy atom. The number of nitrogens with zero attached hydrogens (tertiary/aromatic N) is 4. The average molecular weight is 749 g/mol. The molecule has 0 radical (unpaired) electrons. The predicted octanol–water partition coefficient (Wildman–Crippen LogP) is 5.25. The number of amides is 2. The van der Waals surface area contributed by atoms with Crippen LogP contribution in [-0.2, 0) is 41.5 Å². The van der Waals surface area contributed by atoms with Gasteiger partial charge in [0.05, 0.1) is 43.0 Å². The Balaban J connectivity index is 1.47. The third kappa shape index (κ3) is 8.61. The molecule has 54 heavy (non-hydrogen) atoms. The smallest absolute Gasteiger partial charge is 0.408 e. The van der Waals surface area contributed by atoms with Crippen LogP contribution >= 0.6 is 0 Å². The van der Waals surface area contributed by atoms with Crippen molar-refractivity contribution in [3.8, 4) is 17.0 Å². The van der Waals surface area contributed by atoms with Crippen LogP contribution in [0.1, 0.15) is 85.1 Å². The summed E-state index contributed by atoms with van der Waals surface area (Å²) in [4.78, 5) is 47.7. The van der Waals surface area contributed by atoms with Gasteiger partial charge in [0.1, 0.15) is 23.4 Å². The molecule has 0 saturated carbocycles. The zero-order valence-corrected chi connectivity index (χ0v) is 32.9. The van der Waals surface area contributed by atoms with E-state index in [4.69, 9.17) is 18.9 Å². The van der Waals surface area contributed by atoms with Crippen LogP contribution < -0.4 is 15.6 Å². The first-order valence-corrected chi connectivity index (χ1v) is 19.0. The van der Waals surface area contributed by atoms with Gasteiger partial charge in [-0.25, -0.2) is 10.2 Å². The minimum atomic E-state index is -0.972. The maximum Gasteiger partial charge on any atom is 0.408 e. The second-order valence-corrected chi connectivity index (χ2v) is 16.4. The van der Waals surface area contributed by atoms with E-state index >= 15 is 0 Å². The number of aromatic nitrogens is 2. The molecule has 2 fully saturated rings. The number of ether oxygens (including phenoxy) is 4. The van der Waals surface area contributed by atoms with Crippen LogP contribution in [0.4, 0.5) is 10.5 Å². The number of rotatable bonds is 5. The number of carbonyl (C=O) groups excluding carboxylic acids is 3. The number of hydrazine groups is 1. The van der Waals surface area contributed by atoms with Gasteiger partial charge in [0.25, 0.3) is 5.91 Å². The van der Waals surface area contributed by atoms with Gasteiger partial charge in [-0.1, -0.05) is 13.8 Å². The maximum atomic E-state index is 14.1. The van der Waals surface area contributed by atoms with Crippen LogP contribution in [0.5, 0.6) is 5.75 Å². The minimum absolute atomic E-state index is 0.0533. The molecule has 0 aliphatic carbocycles. The first-order valence-electron chi connectivity index (χ1n) is 19.0. The summed E-state index contributed by atoms with van der Waals surface area (Å²) in [6.45, 7) is 16.2. The quantitative estimate of drug-likeness (QED) is 0.293. The molecule has 5 heterocycles. The van der Waals surface area contributed by atoms with E-state index < -0.39 is 41.3 Å². The number of benzene rings is 1. The average Bonchev–Trinajstić information content (AvgIpc) is 3.43. The van der Waals surface area contributed by atoms with Crippen LogP contribution in [0, 0.1) is 5.41 Å². The van der Waals surface area contributed by atoms with E-state index in [1.165, 1.54) is 11.2 Å². The highest BCUT2D eigenvalue weighted by molar-refractivity contribution is 5.95. The lowest BCUT2D eigenvalue weighted by atomic mass is 9.84. The molecular formula is C40H56N6O8. The number of aromatic hydroxyl groups is 1. The lowest BCUT2D eigenvalue weighted by Crippen LogP contribution is -2.61. The summed E-state index contributed by atoms with van der Waals surface area (Å²) in [5.41, 5.74) is 7.30. The van der Waals surface area contributed by atoms with Crippen molar-refractivity contribution in [2.75, 3.05) is 44.9 Å². The first kappa shape index (κ1) is 39.3. The standard InChI is InChI=1S/C40H56N6O8/c1-9-45-33-13-12-25-17-28(33)30(35(45)29-18-26(47)21-41-34(29)24(2)51-8)20-40(6,7)23-53-37(49)31-11-10-14-46(43-31)36(48)32(42-38(50)54-39(3,4)5)19-27-22-44(25)15-16-52-27/h12-13,17-18,21,24,27,31-32,43,47H,9-11,14-16,19-20,22-23H2,1-8H3,(H,42,50)/t24-,27-,31?,32-/m0/s1. The van der Waals surface area contributed by atoms with Crippen molar-refractivity contribution in [3.63, 3.8) is 0 Å². The fourth-order valence-corrected chi connectivity index (χ4v) is 7.74. The molecule has 14 heteroatoms. The number of methoxy groups -OCH3 is 1. The van der Waals surface area contributed by atoms with Crippen molar-refractivity contribution in [1.29, 1.82) is 0 Å². The number of morpholine rings is 1. The number of cyclic esters (lactones) is 1. The Kier molecular flexibility index (Phi) is 11.5. The van der Waals surface area contributed by atoms with Gasteiger partial charge in [-0.05, 0) is 83.7 Å². The normalized spacial score (nSPS) is 23.1. The van der Waals surface area contributed by atoms with Crippen molar-refractivity contribution in [3.05, 3.63) is 41.7 Å². The molecule has 2 aromatic heterocycles. The second kappa shape index (κ2) is 15.8. The molecular weight excluding hydrogens is 692 g/mol. The van der Waals surface area contributed by atoms with Crippen LogP contribution in [0.3, 0.4) is 0 Å². The number of aryl methyl sites for hydroxylation is 1. The summed E-state index contributed by atoms with van der Waals surface area (Å²) >= 11 is 0. The van der Waals surface area contributed by atoms with Gasteiger partial charge in [-0.3, -0.25) is 19.6 Å². The zero-order chi connectivity index (χ0) is 38.9. The fraction of sp³-hybridized carbons (Fsp3) is 0.600. The van der Waals surface area contributed by atoms with Crippen LogP contribution in [0.15, 0.2) is 30.5 Å².